The number of carbonyl (C=O) groups is 1. The molecule has 0 spiro atoms. The van der Waals surface area contributed by atoms with E-state index in [1.54, 1.807) is 14.2 Å². The molecular formula is C23H30N2O4. The number of amides is 1. The summed E-state index contributed by atoms with van der Waals surface area (Å²) in [5.74, 6) is 2.13. The van der Waals surface area contributed by atoms with Crippen molar-refractivity contribution in [1.82, 2.24) is 9.80 Å². The maximum absolute atomic E-state index is 12.7. The van der Waals surface area contributed by atoms with Crippen LogP contribution in [0.2, 0.25) is 0 Å². The zero-order valence-electron chi connectivity index (χ0n) is 17.5. The van der Waals surface area contributed by atoms with Gasteiger partial charge >= 0.3 is 0 Å². The van der Waals surface area contributed by atoms with Crippen molar-refractivity contribution in [1.29, 1.82) is 0 Å². The Bertz CT molecular complexity index is 807. The second-order valence-corrected chi connectivity index (χ2v) is 7.30. The lowest BCUT2D eigenvalue weighted by Gasteiger charge is -2.22. The largest absolute Gasteiger partial charge is 0.497 e. The standard InChI is InChI=1S/C23H30N2O4/c1-18-5-10-21(22(15-18)28-3)29-17-23(26)25-12-4-11-24(13-14-25)16-19-6-8-20(27-2)9-7-19/h5-10,15H,4,11-14,16-17H2,1-3H3. The summed E-state index contributed by atoms with van der Waals surface area (Å²) < 4.78 is 16.3. The molecule has 1 aliphatic rings. The van der Waals surface area contributed by atoms with Crippen molar-refractivity contribution in [3.05, 3.63) is 53.6 Å². The Morgan fingerprint density at radius 3 is 2.45 bits per heavy atom. The number of carbonyl (C=O) groups excluding carboxylic acids is 1. The maximum atomic E-state index is 12.7. The molecule has 2 aromatic rings. The van der Waals surface area contributed by atoms with Crippen LogP contribution in [0.3, 0.4) is 0 Å². The minimum Gasteiger partial charge on any atom is -0.497 e. The Morgan fingerprint density at radius 2 is 1.72 bits per heavy atom. The molecular weight excluding hydrogens is 368 g/mol. The lowest BCUT2D eigenvalue weighted by atomic mass is 10.2. The predicted molar refractivity (Wildman–Crippen MR) is 113 cm³/mol. The average molecular weight is 399 g/mol. The quantitative estimate of drug-likeness (QED) is 0.717. The number of benzene rings is 2. The highest BCUT2D eigenvalue weighted by molar-refractivity contribution is 5.78. The van der Waals surface area contributed by atoms with Crippen LogP contribution in [-0.2, 0) is 11.3 Å². The van der Waals surface area contributed by atoms with Gasteiger partial charge in [-0.1, -0.05) is 18.2 Å². The predicted octanol–water partition coefficient (Wildman–Crippen LogP) is 3.13. The smallest absolute Gasteiger partial charge is 0.260 e. The van der Waals surface area contributed by atoms with Crippen molar-refractivity contribution in [3.63, 3.8) is 0 Å². The molecule has 1 saturated heterocycles. The zero-order chi connectivity index (χ0) is 20.6. The first-order valence-corrected chi connectivity index (χ1v) is 9.99. The number of aryl methyl sites for hydroxylation is 1. The van der Waals surface area contributed by atoms with Gasteiger partial charge in [-0.15, -0.1) is 0 Å². The Labute approximate surface area is 173 Å². The minimum absolute atomic E-state index is 0.0129. The van der Waals surface area contributed by atoms with E-state index < -0.39 is 0 Å². The van der Waals surface area contributed by atoms with Crippen LogP contribution in [-0.4, -0.2) is 62.7 Å². The van der Waals surface area contributed by atoms with E-state index in [1.165, 1.54) is 5.56 Å². The van der Waals surface area contributed by atoms with Gasteiger partial charge in [0.25, 0.3) is 5.91 Å². The Morgan fingerprint density at radius 1 is 0.931 bits per heavy atom. The summed E-state index contributed by atoms with van der Waals surface area (Å²) in [5.41, 5.74) is 2.34. The molecule has 6 heteroatoms. The lowest BCUT2D eigenvalue weighted by Crippen LogP contribution is -2.38. The van der Waals surface area contributed by atoms with Crippen LogP contribution >= 0.6 is 0 Å². The number of hydrogen-bond donors (Lipinski definition) is 0. The Hall–Kier alpha value is -2.73. The topological polar surface area (TPSA) is 51.2 Å². The monoisotopic (exact) mass is 398 g/mol. The Kier molecular flexibility index (Phi) is 7.36. The molecule has 0 saturated carbocycles. The average Bonchev–Trinajstić information content (AvgIpc) is 2.98. The molecule has 0 unspecified atom stereocenters. The lowest BCUT2D eigenvalue weighted by molar-refractivity contribution is -0.133. The first-order chi connectivity index (χ1) is 14.1. The highest BCUT2D eigenvalue weighted by Gasteiger charge is 2.20. The van der Waals surface area contributed by atoms with Crippen LogP contribution in [0.4, 0.5) is 0 Å². The van der Waals surface area contributed by atoms with E-state index in [0.29, 0.717) is 18.0 Å². The van der Waals surface area contributed by atoms with Crippen LogP contribution in [0.1, 0.15) is 17.5 Å². The molecule has 156 valence electrons. The van der Waals surface area contributed by atoms with E-state index in [4.69, 9.17) is 14.2 Å². The highest BCUT2D eigenvalue weighted by atomic mass is 16.5. The fraction of sp³-hybridized carbons (Fsp3) is 0.435. The van der Waals surface area contributed by atoms with E-state index in [0.717, 1.165) is 43.9 Å². The molecule has 6 nitrogen and oxygen atoms in total. The molecule has 1 heterocycles. The molecule has 1 amide bonds. The molecule has 0 radical (unpaired) electrons. The fourth-order valence-electron chi connectivity index (χ4n) is 3.49. The van der Waals surface area contributed by atoms with Crippen LogP contribution in [0.15, 0.2) is 42.5 Å². The molecule has 29 heavy (non-hydrogen) atoms. The van der Waals surface area contributed by atoms with Crippen LogP contribution in [0.25, 0.3) is 0 Å². The first-order valence-electron chi connectivity index (χ1n) is 9.99. The van der Waals surface area contributed by atoms with Gasteiger partial charge in [0.05, 0.1) is 14.2 Å². The van der Waals surface area contributed by atoms with Gasteiger partial charge in [-0.05, 0) is 48.7 Å². The van der Waals surface area contributed by atoms with Gasteiger partial charge in [0.15, 0.2) is 18.1 Å². The summed E-state index contributed by atoms with van der Waals surface area (Å²) in [6, 6.07) is 13.9. The van der Waals surface area contributed by atoms with Gasteiger partial charge in [0.2, 0.25) is 0 Å². The zero-order valence-corrected chi connectivity index (χ0v) is 17.5. The maximum Gasteiger partial charge on any atom is 0.260 e. The number of rotatable bonds is 7. The second-order valence-electron chi connectivity index (χ2n) is 7.30. The van der Waals surface area contributed by atoms with Crippen molar-refractivity contribution in [2.75, 3.05) is 47.0 Å². The molecule has 1 fully saturated rings. The number of hydrogen-bond acceptors (Lipinski definition) is 5. The van der Waals surface area contributed by atoms with Crippen LogP contribution < -0.4 is 14.2 Å². The number of ether oxygens (including phenoxy) is 3. The summed E-state index contributed by atoms with van der Waals surface area (Å²) >= 11 is 0. The molecule has 3 rings (SSSR count). The van der Waals surface area contributed by atoms with Crippen LogP contribution in [0.5, 0.6) is 17.2 Å². The number of methoxy groups -OCH3 is 2. The second kappa shape index (κ2) is 10.2. The van der Waals surface area contributed by atoms with E-state index >= 15 is 0 Å². The summed E-state index contributed by atoms with van der Waals surface area (Å²) in [6.45, 7) is 6.19. The molecule has 0 bridgehead atoms. The molecule has 0 N–H and O–H groups in total. The third-order valence-electron chi connectivity index (χ3n) is 5.18. The molecule has 0 aliphatic carbocycles. The SMILES string of the molecule is COc1ccc(CN2CCCN(C(=O)COc3ccc(C)cc3OC)CC2)cc1. The van der Waals surface area contributed by atoms with E-state index in [-0.39, 0.29) is 12.5 Å². The summed E-state index contributed by atoms with van der Waals surface area (Å²) in [6.07, 6.45) is 0.954. The van der Waals surface area contributed by atoms with Crippen molar-refractivity contribution in [2.45, 2.75) is 19.9 Å². The van der Waals surface area contributed by atoms with E-state index in [9.17, 15) is 4.79 Å². The third-order valence-corrected chi connectivity index (χ3v) is 5.18. The van der Waals surface area contributed by atoms with E-state index in [2.05, 4.69) is 17.0 Å². The van der Waals surface area contributed by atoms with Crippen LogP contribution in [0, 0.1) is 6.92 Å². The normalized spacial score (nSPS) is 14.9. The van der Waals surface area contributed by atoms with Crippen molar-refractivity contribution in [3.8, 4) is 17.2 Å². The molecule has 0 aromatic heterocycles. The highest BCUT2D eigenvalue weighted by Crippen LogP contribution is 2.27. The van der Waals surface area contributed by atoms with Gasteiger partial charge in [-0.25, -0.2) is 0 Å². The van der Waals surface area contributed by atoms with Gasteiger partial charge in [-0.2, -0.15) is 0 Å². The van der Waals surface area contributed by atoms with Gasteiger partial charge < -0.3 is 19.1 Å². The fourth-order valence-corrected chi connectivity index (χ4v) is 3.49. The van der Waals surface area contributed by atoms with E-state index in [1.807, 2.05) is 42.2 Å². The molecule has 1 aliphatic heterocycles. The summed E-state index contributed by atoms with van der Waals surface area (Å²) in [7, 11) is 3.28. The van der Waals surface area contributed by atoms with Crippen molar-refractivity contribution < 1.29 is 19.0 Å². The van der Waals surface area contributed by atoms with Crippen molar-refractivity contribution in [2.24, 2.45) is 0 Å². The van der Waals surface area contributed by atoms with Gasteiger partial charge in [0, 0.05) is 32.7 Å². The summed E-state index contributed by atoms with van der Waals surface area (Å²) in [5, 5.41) is 0. The van der Waals surface area contributed by atoms with Gasteiger partial charge in [-0.3, -0.25) is 9.69 Å². The van der Waals surface area contributed by atoms with Gasteiger partial charge in [0.1, 0.15) is 5.75 Å². The molecule has 2 aromatic carbocycles. The summed E-state index contributed by atoms with van der Waals surface area (Å²) in [4.78, 5) is 16.9. The third kappa shape index (κ3) is 5.87. The molecule has 0 atom stereocenters. The first kappa shape index (κ1) is 21.0. The van der Waals surface area contributed by atoms with Crippen molar-refractivity contribution >= 4 is 5.91 Å². The number of nitrogens with zero attached hydrogens (tertiary/aromatic N) is 2. The minimum atomic E-state index is 0.0129. The Balaban J connectivity index is 1.50.